The Morgan fingerprint density at radius 2 is 1.67 bits per heavy atom. The average molecular weight is 304 g/mol. The van der Waals surface area contributed by atoms with Gasteiger partial charge in [-0.05, 0) is 24.1 Å². The van der Waals surface area contributed by atoms with Crippen molar-refractivity contribution in [2.24, 2.45) is 0 Å². The van der Waals surface area contributed by atoms with Crippen LogP contribution in [0.2, 0.25) is 0 Å². The number of aromatic nitrogens is 1. The number of halogens is 2. The van der Waals surface area contributed by atoms with Crippen molar-refractivity contribution in [2.75, 3.05) is 0 Å². The molecule has 1 aromatic carbocycles. The van der Waals surface area contributed by atoms with Gasteiger partial charge in [-0.3, -0.25) is 4.98 Å². The van der Waals surface area contributed by atoms with Crippen LogP contribution in [0.4, 0.5) is 0 Å². The van der Waals surface area contributed by atoms with E-state index in [1.54, 1.807) is 6.20 Å². The SMILES string of the molecule is Cc1ccccc1-c1cccnc1.O=S(=O)(Cl)Cl. The molecule has 0 saturated carbocycles. The number of hydrogen-bond acceptors (Lipinski definition) is 3. The summed E-state index contributed by atoms with van der Waals surface area (Å²) < 4.78 is 18.3. The fourth-order valence-electron chi connectivity index (χ4n) is 1.42. The largest absolute Gasteiger partial charge is 0.317 e. The van der Waals surface area contributed by atoms with E-state index in [0.717, 1.165) is 0 Å². The number of hydrogen-bond donors (Lipinski definition) is 0. The minimum absolute atomic E-state index is 1.18. The number of benzene rings is 1. The van der Waals surface area contributed by atoms with Gasteiger partial charge in [-0.25, -0.2) is 0 Å². The minimum Gasteiger partial charge on any atom is -0.264 e. The van der Waals surface area contributed by atoms with Gasteiger partial charge >= 0.3 is 8.26 Å². The first kappa shape index (κ1) is 15.0. The second-order valence-corrected chi connectivity index (χ2v) is 7.10. The first-order chi connectivity index (χ1) is 8.38. The minimum atomic E-state index is -3.72. The third-order valence-electron chi connectivity index (χ3n) is 2.12. The molecule has 18 heavy (non-hydrogen) atoms. The number of aryl methyl sites for hydroxylation is 1. The summed E-state index contributed by atoms with van der Waals surface area (Å²) >= 11 is 0. The molecule has 0 aliphatic heterocycles. The quantitative estimate of drug-likeness (QED) is 0.754. The van der Waals surface area contributed by atoms with E-state index >= 15 is 0 Å². The van der Waals surface area contributed by atoms with Gasteiger partial charge in [0, 0.05) is 39.3 Å². The van der Waals surface area contributed by atoms with Gasteiger partial charge in [0.25, 0.3) is 0 Å². The molecule has 3 nitrogen and oxygen atoms in total. The Kier molecular flexibility index (Phi) is 5.59. The normalized spacial score (nSPS) is 10.4. The summed E-state index contributed by atoms with van der Waals surface area (Å²) in [5, 5.41) is 0. The topological polar surface area (TPSA) is 47.0 Å². The highest BCUT2D eigenvalue weighted by Gasteiger charge is 1.98. The van der Waals surface area contributed by atoms with Gasteiger partial charge < -0.3 is 0 Å². The number of nitrogens with zero attached hydrogens (tertiary/aromatic N) is 1. The van der Waals surface area contributed by atoms with E-state index in [9.17, 15) is 0 Å². The third kappa shape index (κ3) is 6.00. The third-order valence-corrected chi connectivity index (χ3v) is 2.12. The molecule has 0 radical (unpaired) electrons. The number of pyridine rings is 1. The predicted octanol–water partition coefficient (Wildman–Crippen LogP) is 3.77. The molecule has 0 N–H and O–H groups in total. The summed E-state index contributed by atoms with van der Waals surface area (Å²) in [5.41, 5.74) is 3.73. The maximum Gasteiger partial charge on any atom is 0.317 e. The lowest BCUT2D eigenvalue weighted by Crippen LogP contribution is -1.82. The van der Waals surface area contributed by atoms with Crippen LogP contribution in [0.1, 0.15) is 5.56 Å². The molecule has 0 aliphatic carbocycles. The van der Waals surface area contributed by atoms with E-state index in [2.05, 4.69) is 63.6 Å². The second-order valence-electron chi connectivity index (χ2n) is 3.43. The summed E-state index contributed by atoms with van der Waals surface area (Å²) in [6, 6.07) is 12.4. The molecule has 0 bridgehead atoms. The van der Waals surface area contributed by atoms with Crippen LogP contribution in [-0.4, -0.2) is 13.4 Å². The van der Waals surface area contributed by atoms with Crippen LogP contribution >= 0.6 is 21.4 Å². The van der Waals surface area contributed by atoms with Crippen LogP contribution in [0.3, 0.4) is 0 Å². The second kappa shape index (κ2) is 6.73. The van der Waals surface area contributed by atoms with Crippen molar-refractivity contribution in [1.29, 1.82) is 0 Å². The van der Waals surface area contributed by atoms with Gasteiger partial charge in [-0.15, -0.1) is 0 Å². The zero-order valence-corrected chi connectivity index (χ0v) is 11.9. The molecule has 0 saturated heterocycles. The molecule has 1 heterocycles. The lowest BCUT2D eigenvalue weighted by atomic mass is 10.0. The fourth-order valence-corrected chi connectivity index (χ4v) is 1.42. The van der Waals surface area contributed by atoms with Crippen LogP contribution in [0.25, 0.3) is 11.1 Å². The van der Waals surface area contributed by atoms with Crippen LogP contribution in [0.15, 0.2) is 48.8 Å². The molecule has 0 spiro atoms. The Morgan fingerprint density at radius 1 is 1.06 bits per heavy atom. The zero-order valence-electron chi connectivity index (χ0n) is 9.55. The molecule has 0 fully saturated rings. The maximum absolute atomic E-state index is 9.16. The van der Waals surface area contributed by atoms with Crippen LogP contribution in [0.5, 0.6) is 0 Å². The molecule has 1 aromatic heterocycles. The maximum atomic E-state index is 9.16. The van der Waals surface area contributed by atoms with Crippen LogP contribution in [0, 0.1) is 6.92 Å². The smallest absolute Gasteiger partial charge is 0.264 e. The van der Waals surface area contributed by atoms with E-state index in [1.807, 2.05) is 12.3 Å². The van der Waals surface area contributed by atoms with Crippen molar-refractivity contribution >= 4 is 29.6 Å². The summed E-state index contributed by atoms with van der Waals surface area (Å²) in [6.07, 6.45) is 3.68. The Hall–Kier alpha value is -1.10. The van der Waals surface area contributed by atoms with E-state index in [-0.39, 0.29) is 0 Å². The standard InChI is InChI=1S/C12H11N.Cl2O2S/c1-10-5-2-3-7-12(10)11-6-4-8-13-9-11;1-5(2,3)4/h2-9H,1H3;. The van der Waals surface area contributed by atoms with Crippen LogP contribution in [-0.2, 0) is 8.26 Å². The molecular formula is C12H11Cl2NO2S. The molecule has 0 unspecified atom stereocenters. The van der Waals surface area contributed by atoms with Gasteiger partial charge in [-0.1, -0.05) is 30.3 Å². The first-order valence-corrected chi connectivity index (χ1v) is 8.12. The molecule has 2 rings (SSSR count). The van der Waals surface area contributed by atoms with E-state index in [4.69, 9.17) is 8.42 Å². The Balaban J connectivity index is 0.000000280. The van der Waals surface area contributed by atoms with Gasteiger partial charge in [-0.2, -0.15) is 8.42 Å². The van der Waals surface area contributed by atoms with Crippen LogP contribution < -0.4 is 0 Å². The molecule has 96 valence electrons. The first-order valence-electron chi connectivity index (χ1n) is 4.98. The van der Waals surface area contributed by atoms with E-state index < -0.39 is 8.26 Å². The van der Waals surface area contributed by atoms with Crippen molar-refractivity contribution < 1.29 is 8.42 Å². The molecule has 0 amide bonds. The highest BCUT2D eigenvalue weighted by atomic mass is 36.0. The molecule has 2 aromatic rings. The van der Waals surface area contributed by atoms with Crippen molar-refractivity contribution in [3.05, 3.63) is 54.4 Å². The molecular weight excluding hydrogens is 293 g/mol. The van der Waals surface area contributed by atoms with Gasteiger partial charge in [0.05, 0.1) is 0 Å². The Morgan fingerprint density at radius 3 is 2.17 bits per heavy atom. The van der Waals surface area contributed by atoms with Crippen molar-refractivity contribution in [1.82, 2.24) is 4.98 Å². The monoisotopic (exact) mass is 303 g/mol. The summed E-state index contributed by atoms with van der Waals surface area (Å²) in [6.45, 7) is 2.11. The molecule has 0 atom stereocenters. The van der Waals surface area contributed by atoms with Gasteiger partial charge in [0.15, 0.2) is 0 Å². The van der Waals surface area contributed by atoms with Crippen molar-refractivity contribution in [3.63, 3.8) is 0 Å². The highest BCUT2D eigenvalue weighted by Crippen LogP contribution is 2.21. The highest BCUT2D eigenvalue weighted by molar-refractivity contribution is 8.31. The van der Waals surface area contributed by atoms with Crippen molar-refractivity contribution in [3.8, 4) is 11.1 Å². The summed E-state index contributed by atoms with van der Waals surface area (Å²) in [5.74, 6) is 0. The zero-order chi connectivity index (χ0) is 13.6. The fraction of sp³-hybridized carbons (Fsp3) is 0.0833. The molecule has 0 aliphatic rings. The Labute approximate surface area is 115 Å². The lowest BCUT2D eigenvalue weighted by Gasteiger charge is -2.03. The lowest BCUT2D eigenvalue weighted by molar-refractivity contribution is 0.621. The van der Waals surface area contributed by atoms with E-state index in [1.165, 1.54) is 16.7 Å². The predicted molar refractivity (Wildman–Crippen MR) is 75.0 cm³/mol. The van der Waals surface area contributed by atoms with Crippen molar-refractivity contribution in [2.45, 2.75) is 6.92 Å². The van der Waals surface area contributed by atoms with E-state index in [0.29, 0.717) is 0 Å². The number of rotatable bonds is 1. The Bertz CT molecular complexity index is 592. The summed E-state index contributed by atoms with van der Waals surface area (Å²) in [4.78, 5) is 4.10. The molecule has 6 heteroatoms. The summed E-state index contributed by atoms with van der Waals surface area (Å²) in [7, 11) is 4.81. The van der Waals surface area contributed by atoms with Gasteiger partial charge in [0.1, 0.15) is 0 Å². The van der Waals surface area contributed by atoms with Gasteiger partial charge in [0.2, 0.25) is 0 Å². The average Bonchev–Trinajstić information content (AvgIpc) is 2.29.